The Balaban J connectivity index is 2.36. The topological polar surface area (TPSA) is 52.6 Å². The molecule has 2 rings (SSSR count). The van der Waals surface area contributed by atoms with Gasteiger partial charge in [-0.25, -0.2) is 8.42 Å². The molecule has 0 aromatic heterocycles. The Labute approximate surface area is 130 Å². The third-order valence-corrected chi connectivity index (χ3v) is 5.03. The average Bonchev–Trinajstić information content (AvgIpc) is 2.40. The smallest absolute Gasteiger partial charge is 0.261 e. The number of hydrogen-bond donors (Lipinski definition) is 0. The maximum absolute atomic E-state index is 11.7. The molecule has 0 aliphatic carbocycles. The van der Waals surface area contributed by atoms with Gasteiger partial charge in [0.15, 0.2) is 0 Å². The normalized spacial score (nSPS) is 17.2. The average molecular weight is 333 g/mol. The third-order valence-electron chi connectivity index (χ3n) is 3.65. The van der Waals surface area contributed by atoms with Crippen LogP contribution in [0.5, 0.6) is 5.75 Å². The van der Waals surface area contributed by atoms with E-state index in [-0.39, 0.29) is 16.9 Å². The van der Waals surface area contributed by atoms with E-state index >= 15 is 0 Å². The zero-order valence-corrected chi connectivity index (χ0v) is 14.1. The molecule has 1 aliphatic heterocycles. The van der Waals surface area contributed by atoms with Crippen molar-refractivity contribution in [3.05, 3.63) is 23.3 Å². The molecule has 1 fully saturated rings. The van der Waals surface area contributed by atoms with Gasteiger partial charge in [0.2, 0.25) is 0 Å². The molecule has 0 N–H and O–H groups in total. The molecule has 118 valence electrons. The van der Waals surface area contributed by atoms with Crippen LogP contribution in [-0.4, -0.2) is 27.7 Å². The van der Waals surface area contributed by atoms with Crippen molar-refractivity contribution in [3.63, 3.8) is 0 Å². The van der Waals surface area contributed by atoms with Crippen molar-refractivity contribution < 1.29 is 17.9 Å². The van der Waals surface area contributed by atoms with Gasteiger partial charge in [0.25, 0.3) is 9.05 Å². The Kier molecular flexibility index (Phi) is 5.17. The summed E-state index contributed by atoms with van der Waals surface area (Å²) in [6.45, 7) is 7.12. The fraction of sp³-hybridized carbons (Fsp3) is 0.600. The number of halogens is 1. The highest BCUT2D eigenvalue weighted by atomic mass is 35.7. The van der Waals surface area contributed by atoms with Crippen LogP contribution in [0.1, 0.15) is 43.7 Å². The minimum absolute atomic E-state index is 0.0474. The molecular weight excluding hydrogens is 312 g/mol. The summed E-state index contributed by atoms with van der Waals surface area (Å²) in [6.07, 6.45) is 1.83. The quantitative estimate of drug-likeness (QED) is 0.790. The van der Waals surface area contributed by atoms with Crippen LogP contribution in [0.15, 0.2) is 17.0 Å². The summed E-state index contributed by atoms with van der Waals surface area (Å²) >= 11 is 0. The van der Waals surface area contributed by atoms with Gasteiger partial charge in [-0.1, -0.05) is 13.8 Å². The number of hydrogen-bond acceptors (Lipinski definition) is 4. The Bertz CT molecular complexity index is 604. The van der Waals surface area contributed by atoms with Gasteiger partial charge >= 0.3 is 0 Å². The lowest BCUT2D eigenvalue weighted by molar-refractivity contribution is 0.0252. The SMILES string of the molecule is Cc1cc(S(=O)(=O)Cl)c(C(C)C)cc1OC1CCOCC1. The van der Waals surface area contributed by atoms with E-state index < -0.39 is 9.05 Å². The second-order valence-electron chi connectivity index (χ2n) is 5.68. The molecule has 4 nitrogen and oxygen atoms in total. The molecule has 0 bridgehead atoms. The van der Waals surface area contributed by atoms with E-state index in [9.17, 15) is 8.42 Å². The summed E-state index contributed by atoms with van der Waals surface area (Å²) in [6, 6.07) is 3.41. The molecular formula is C15H21ClO4S. The van der Waals surface area contributed by atoms with Crippen molar-refractivity contribution in [1.82, 2.24) is 0 Å². The van der Waals surface area contributed by atoms with Crippen molar-refractivity contribution in [3.8, 4) is 5.75 Å². The van der Waals surface area contributed by atoms with E-state index in [4.69, 9.17) is 20.2 Å². The van der Waals surface area contributed by atoms with Crippen molar-refractivity contribution >= 4 is 19.7 Å². The molecule has 1 aromatic carbocycles. The van der Waals surface area contributed by atoms with E-state index in [1.54, 1.807) is 6.07 Å². The van der Waals surface area contributed by atoms with Gasteiger partial charge in [-0.2, -0.15) is 0 Å². The van der Waals surface area contributed by atoms with Crippen LogP contribution in [0, 0.1) is 6.92 Å². The summed E-state index contributed by atoms with van der Waals surface area (Å²) in [5, 5.41) is 0. The van der Waals surface area contributed by atoms with Crippen molar-refractivity contribution in [1.29, 1.82) is 0 Å². The summed E-state index contributed by atoms with van der Waals surface area (Å²) in [5.74, 6) is 0.779. The molecule has 0 radical (unpaired) electrons. The van der Waals surface area contributed by atoms with E-state index in [2.05, 4.69) is 0 Å². The third kappa shape index (κ3) is 4.11. The number of rotatable bonds is 4. The summed E-state index contributed by atoms with van der Waals surface area (Å²) in [5.41, 5.74) is 1.47. The van der Waals surface area contributed by atoms with Gasteiger partial charge in [-0.05, 0) is 36.1 Å². The predicted molar refractivity (Wildman–Crippen MR) is 82.8 cm³/mol. The lowest BCUT2D eigenvalue weighted by Crippen LogP contribution is -2.26. The Morgan fingerprint density at radius 2 is 1.90 bits per heavy atom. The monoisotopic (exact) mass is 332 g/mol. The molecule has 1 saturated heterocycles. The van der Waals surface area contributed by atoms with Gasteiger partial charge in [0.1, 0.15) is 11.9 Å². The minimum Gasteiger partial charge on any atom is -0.490 e. The molecule has 6 heteroatoms. The lowest BCUT2D eigenvalue weighted by Gasteiger charge is -2.25. The fourth-order valence-corrected chi connectivity index (χ4v) is 3.73. The molecule has 0 unspecified atom stereocenters. The van der Waals surface area contributed by atoms with Crippen molar-refractivity contribution in [2.45, 2.75) is 50.5 Å². The first-order valence-electron chi connectivity index (χ1n) is 7.12. The zero-order chi connectivity index (χ0) is 15.6. The molecule has 0 spiro atoms. The summed E-state index contributed by atoms with van der Waals surface area (Å²) in [7, 11) is 1.78. The van der Waals surface area contributed by atoms with Crippen LogP contribution in [0.3, 0.4) is 0 Å². The minimum atomic E-state index is -3.75. The predicted octanol–water partition coefficient (Wildman–Crippen LogP) is 3.60. The molecule has 0 atom stereocenters. The molecule has 1 aromatic rings. The number of aryl methyl sites for hydroxylation is 1. The first kappa shape index (κ1) is 16.6. The van der Waals surface area contributed by atoms with Crippen LogP contribution < -0.4 is 4.74 Å². The summed E-state index contributed by atoms with van der Waals surface area (Å²) < 4.78 is 34.8. The van der Waals surface area contributed by atoms with Crippen molar-refractivity contribution in [2.24, 2.45) is 0 Å². The first-order valence-corrected chi connectivity index (χ1v) is 9.43. The molecule has 1 aliphatic rings. The fourth-order valence-electron chi connectivity index (χ4n) is 2.44. The second-order valence-corrected chi connectivity index (χ2v) is 8.21. The second kappa shape index (κ2) is 6.55. The van der Waals surface area contributed by atoms with Gasteiger partial charge in [-0.3, -0.25) is 0 Å². The Hall–Kier alpha value is -0.780. The highest BCUT2D eigenvalue weighted by Gasteiger charge is 2.22. The van der Waals surface area contributed by atoms with Gasteiger partial charge in [0, 0.05) is 23.5 Å². The van der Waals surface area contributed by atoms with Crippen LogP contribution >= 0.6 is 10.7 Å². The van der Waals surface area contributed by atoms with Gasteiger partial charge in [-0.15, -0.1) is 0 Å². The molecule has 21 heavy (non-hydrogen) atoms. The van der Waals surface area contributed by atoms with E-state index in [1.807, 2.05) is 26.8 Å². The van der Waals surface area contributed by atoms with E-state index in [0.29, 0.717) is 18.8 Å². The van der Waals surface area contributed by atoms with Crippen LogP contribution in [-0.2, 0) is 13.8 Å². The maximum atomic E-state index is 11.7. The van der Waals surface area contributed by atoms with Crippen LogP contribution in [0.2, 0.25) is 0 Å². The Morgan fingerprint density at radius 1 is 1.29 bits per heavy atom. The van der Waals surface area contributed by atoms with E-state index in [1.165, 1.54) is 0 Å². The largest absolute Gasteiger partial charge is 0.490 e. The number of ether oxygens (including phenoxy) is 2. The van der Waals surface area contributed by atoms with Gasteiger partial charge < -0.3 is 9.47 Å². The van der Waals surface area contributed by atoms with Gasteiger partial charge in [0.05, 0.1) is 18.1 Å². The zero-order valence-electron chi connectivity index (χ0n) is 12.6. The Morgan fingerprint density at radius 3 is 2.43 bits per heavy atom. The van der Waals surface area contributed by atoms with Crippen molar-refractivity contribution in [2.75, 3.05) is 13.2 Å². The maximum Gasteiger partial charge on any atom is 0.261 e. The summed E-state index contributed by atoms with van der Waals surface area (Å²) in [4.78, 5) is 0.177. The molecule has 0 saturated carbocycles. The highest BCUT2D eigenvalue weighted by molar-refractivity contribution is 8.13. The molecule has 1 heterocycles. The number of benzene rings is 1. The highest BCUT2D eigenvalue weighted by Crippen LogP contribution is 2.33. The van der Waals surface area contributed by atoms with E-state index in [0.717, 1.165) is 24.2 Å². The first-order chi connectivity index (χ1) is 9.79. The van der Waals surface area contributed by atoms with Crippen LogP contribution in [0.25, 0.3) is 0 Å². The van der Waals surface area contributed by atoms with Crippen LogP contribution in [0.4, 0.5) is 0 Å². The lowest BCUT2D eigenvalue weighted by atomic mass is 10.0. The standard InChI is InChI=1S/C15H21ClO4S/c1-10(2)13-9-14(20-12-4-6-19-7-5-12)11(3)8-15(13)21(16,17)18/h8-10,12H,4-7H2,1-3H3. The molecule has 0 amide bonds.